The second-order valence-electron chi connectivity index (χ2n) is 5.62. The molecule has 0 rings (SSSR count). The molecule has 90 valence electrons. The highest BCUT2D eigenvalue weighted by Gasteiger charge is 2.18. The molecule has 0 aliphatic rings. The summed E-state index contributed by atoms with van der Waals surface area (Å²) in [5.74, 6) is -0.700. The Balaban J connectivity index is 4.00. The van der Waals surface area contributed by atoms with E-state index in [-0.39, 0.29) is 11.8 Å². The fraction of sp³-hybridized carbons (Fsp3) is 0.917. The Morgan fingerprint density at radius 3 is 2.20 bits per heavy atom. The Bertz CT molecular complexity index is 194. The zero-order valence-electron chi connectivity index (χ0n) is 10.7. The van der Waals surface area contributed by atoms with Gasteiger partial charge in [0.1, 0.15) is 0 Å². The van der Waals surface area contributed by atoms with Gasteiger partial charge in [0.15, 0.2) is 0 Å². The molecular formula is C12H25NO2. The number of nitrogens with zero attached hydrogens (tertiary/aromatic N) is 1. The van der Waals surface area contributed by atoms with Crippen molar-refractivity contribution >= 4 is 5.97 Å². The number of rotatable bonds is 6. The molecule has 0 aromatic rings. The lowest BCUT2D eigenvalue weighted by atomic mass is 9.95. The van der Waals surface area contributed by atoms with Crippen LogP contribution in [0.15, 0.2) is 0 Å². The average Bonchev–Trinajstić information content (AvgIpc) is 1.99. The maximum Gasteiger partial charge on any atom is 0.303 e. The molecule has 15 heavy (non-hydrogen) atoms. The summed E-state index contributed by atoms with van der Waals surface area (Å²) in [5.41, 5.74) is 0.271. The zero-order valence-corrected chi connectivity index (χ0v) is 10.7. The van der Waals surface area contributed by atoms with Gasteiger partial charge in [-0.25, -0.2) is 0 Å². The second-order valence-corrected chi connectivity index (χ2v) is 5.62. The van der Waals surface area contributed by atoms with Crippen LogP contribution >= 0.6 is 0 Å². The van der Waals surface area contributed by atoms with E-state index in [2.05, 4.69) is 39.5 Å². The SMILES string of the molecule is CC(C)N(CCCC(=O)O)CC(C)(C)C. The van der Waals surface area contributed by atoms with Gasteiger partial charge >= 0.3 is 5.97 Å². The molecule has 0 aromatic carbocycles. The molecule has 0 amide bonds. The van der Waals surface area contributed by atoms with Gasteiger partial charge in [-0.15, -0.1) is 0 Å². The van der Waals surface area contributed by atoms with Crippen molar-refractivity contribution in [1.29, 1.82) is 0 Å². The molecule has 0 atom stereocenters. The van der Waals surface area contributed by atoms with E-state index in [4.69, 9.17) is 5.11 Å². The van der Waals surface area contributed by atoms with Crippen LogP contribution in [0.3, 0.4) is 0 Å². The molecule has 0 bridgehead atoms. The van der Waals surface area contributed by atoms with Gasteiger partial charge in [-0.05, 0) is 32.2 Å². The van der Waals surface area contributed by atoms with Crippen molar-refractivity contribution in [1.82, 2.24) is 4.90 Å². The van der Waals surface area contributed by atoms with Crippen molar-refractivity contribution in [3.63, 3.8) is 0 Å². The maximum atomic E-state index is 10.4. The Hall–Kier alpha value is -0.570. The number of aliphatic carboxylic acids is 1. The minimum Gasteiger partial charge on any atom is -0.481 e. The number of carbonyl (C=O) groups is 1. The monoisotopic (exact) mass is 215 g/mol. The largest absolute Gasteiger partial charge is 0.481 e. The first-order valence-electron chi connectivity index (χ1n) is 5.68. The van der Waals surface area contributed by atoms with E-state index >= 15 is 0 Å². The molecule has 0 heterocycles. The Morgan fingerprint density at radius 1 is 1.33 bits per heavy atom. The van der Waals surface area contributed by atoms with Gasteiger partial charge in [0.25, 0.3) is 0 Å². The standard InChI is InChI=1S/C12H25NO2/c1-10(2)13(9-12(3,4)5)8-6-7-11(14)15/h10H,6-9H2,1-5H3,(H,14,15). The minimum atomic E-state index is -0.700. The van der Waals surface area contributed by atoms with Crippen LogP contribution in [-0.4, -0.2) is 35.1 Å². The summed E-state index contributed by atoms with van der Waals surface area (Å²) in [7, 11) is 0. The molecule has 3 nitrogen and oxygen atoms in total. The molecule has 0 saturated carbocycles. The lowest BCUT2D eigenvalue weighted by molar-refractivity contribution is -0.137. The van der Waals surface area contributed by atoms with Gasteiger partial charge in [0.2, 0.25) is 0 Å². The Morgan fingerprint density at radius 2 is 1.87 bits per heavy atom. The van der Waals surface area contributed by atoms with E-state index < -0.39 is 5.97 Å². The van der Waals surface area contributed by atoms with Crippen LogP contribution in [0.5, 0.6) is 0 Å². The molecule has 0 saturated heterocycles. The first-order valence-corrected chi connectivity index (χ1v) is 5.68. The highest BCUT2D eigenvalue weighted by molar-refractivity contribution is 5.66. The van der Waals surface area contributed by atoms with Crippen molar-refractivity contribution in [3.05, 3.63) is 0 Å². The fourth-order valence-electron chi connectivity index (χ4n) is 1.56. The molecule has 3 heteroatoms. The average molecular weight is 215 g/mol. The first kappa shape index (κ1) is 14.4. The summed E-state index contributed by atoms with van der Waals surface area (Å²) in [4.78, 5) is 12.8. The van der Waals surface area contributed by atoms with E-state index in [9.17, 15) is 4.79 Å². The second kappa shape index (κ2) is 6.11. The third-order valence-electron chi connectivity index (χ3n) is 2.24. The van der Waals surface area contributed by atoms with Crippen molar-refractivity contribution in [2.45, 2.75) is 53.5 Å². The smallest absolute Gasteiger partial charge is 0.303 e. The number of carboxylic acid groups (broad SMARTS) is 1. The van der Waals surface area contributed by atoms with E-state index in [1.807, 2.05) is 0 Å². The van der Waals surface area contributed by atoms with E-state index in [0.717, 1.165) is 19.5 Å². The summed E-state index contributed by atoms with van der Waals surface area (Å²) in [5, 5.41) is 8.58. The van der Waals surface area contributed by atoms with E-state index in [0.29, 0.717) is 6.04 Å². The number of hydrogen-bond acceptors (Lipinski definition) is 2. The van der Waals surface area contributed by atoms with Crippen molar-refractivity contribution < 1.29 is 9.90 Å². The highest BCUT2D eigenvalue weighted by Crippen LogP contribution is 2.17. The van der Waals surface area contributed by atoms with Gasteiger partial charge < -0.3 is 10.0 Å². The van der Waals surface area contributed by atoms with Crippen LogP contribution in [0.25, 0.3) is 0 Å². The fourth-order valence-corrected chi connectivity index (χ4v) is 1.56. The summed E-state index contributed by atoms with van der Waals surface area (Å²) >= 11 is 0. The lowest BCUT2D eigenvalue weighted by Crippen LogP contribution is -2.38. The van der Waals surface area contributed by atoms with Gasteiger partial charge in [-0.3, -0.25) is 4.79 Å². The summed E-state index contributed by atoms with van der Waals surface area (Å²) in [6, 6.07) is 0.484. The van der Waals surface area contributed by atoms with Crippen LogP contribution < -0.4 is 0 Å². The third kappa shape index (κ3) is 8.43. The number of hydrogen-bond donors (Lipinski definition) is 1. The Labute approximate surface area is 93.5 Å². The predicted octanol–water partition coefficient (Wildman–Crippen LogP) is 2.61. The van der Waals surface area contributed by atoms with Gasteiger partial charge in [0, 0.05) is 19.0 Å². The normalized spacial score (nSPS) is 12.5. The quantitative estimate of drug-likeness (QED) is 0.740. The molecule has 0 spiro atoms. The molecular weight excluding hydrogens is 190 g/mol. The molecule has 0 aliphatic heterocycles. The molecule has 0 aliphatic carbocycles. The van der Waals surface area contributed by atoms with E-state index in [1.165, 1.54) is 0 Å². The van der Waals surface area contributed by atoms with Crippen LogP contribution in [0, 0.1) is 5.41 Å². The van der Waals surface area contributed by atoms with Gasteiger partial charge in [-0.1, -0.05) is 20.8 Å². The topological polar surface area (TPSA) is 40.5 Å². The summed E-state index contributed by atoms with van der Waals surface area (Å²) in [6.07, 6.45) is 1.01. The van der Waals surface area contributed by atoms with Crippen LogP contribution in [0.2, 0.25) is 0 Å². The molecule has 0 unspecified atom stereocenters. The molecule has 0 aromatic heterocycles. The van der Waals surface area contributed by atoms with Crippen LogP contribution in [0.1, 0.15) is 47.5 Å². The van der Waals surface area contributed by atoms with E-state index in [1.54, 1.807) is 0 Å². The van der Waals surface area contributed by atoms with Gasteiger partial charge in [-0.2, -0.15) is 0 Å². The molecule has 1 N–H and O–H groups in total. The van der Waals surface area contributed by atoms with Crippen LogP contribution in [0.4, 0.5) is 0 Å². The van der Waals surface area contributed by atoms with Gasteiger partial charge in [0.05, 0.1) is 0 Å². The molecule has 0 fully saturated rings. The first-order chi connectivity index (χ1) is 6.72. The summed E-state index contributed by atoms with van der Waals surface area (Å²) in [6.45, 7) is 12.8. The van der Waals surface area contributed by atoms with Crippen molar-refractivity contribution in [2.75, 3.05) is 13.1 Å². The van der Waals surface area contributed by atoms with Crippen LogP contribution in [-0.2, 0) is 4.79 Å². The van der Waals surface area contributed by atoms with Crippen molar-refractivity contribution in [3.8, 4) is 0 Å². The van der Waals surface area contributed by atoms with Crippen molar-refractivity contribution in [2.24, 2.45) is 5.41 Å². The minimum absolute atomic E-state index is 0.271. The number of carboxylic acids is 1. The maximum absolute atomic E-state index is 10.4. The predicted molar refractivity (Wildman–Crippen MR) is 63.0 cm³/mol. The zero-order chi connectivity index (χ0) is 12.1. The summed E-state index contributed by atoms with van der Waals surface area (Å²) < 4.78 is 0. The Kier molecular flexibility index (Phi) is 5.88. The lowest BCUT2D eigenvalue weighted by Gasteiger charge is -2.32. The highest BCUT2D eigenvalue weighted by atomic mass is 16.4. The molecule has 0 radical (unpaired) electrons. The third-order valence-corrected chi connectivity index (χ3v) is 2.24.